The highest BCUT2D eigenvalue weighted by molar-refractivity contribution is 5.76. The van der Waals surface area contributed by atoms with E-state index >= 15 is 0 Å². The Labute approximate surface area is 117 Å². The van der Waals surface area contributed by atoms with Crippen LogP contribution in [0, 0.1) is 22.7 Å². The standard InChI is InChI=1S/C17H28O2/c1-5-15(2,3)14(18)19-17-7-6-12-8-16(4,11-17)9-13(12)10-17/h12-13H,5-11H2,1-4H3. The summed E-state index contributed by atoms with van der Waals surface area (Å²) in [6, 6.07) is 0. The molecule has 0 spiro atoms. The van der Waals surface area contributed by atoms with Crippen molar-refractivity contribution in [1.29, 1.82) is 0 Å². The van der Waals surface area contributed by atoms with E-state index in [2.05, 4.69) is 13.8 Å². The molecule has 4 unspecified atom stereocenters. The highest BCUT2D eigenvalue weighted by atomic mass is 16.6. The van der Waals surface area contributed by atoms with Crippen molar-refractivity contribution in [1.82, 2.24) is 0 Å². The molecule has 19 heavy (non-hydrogen) atoms. The van der Waals surface area contributed by atoms with Crippen molar-refractivity contribution >= 4 is 5.97 Å². The molecule has 0 heterocycles. The van der Waals surface area contributed by atoms with Crippen molar-refractivity contribution in [2.75, 3.05) is 0 Å². The first-order valence-corrected chi connectivity index (χ1v) is 8.01. The van der Waals surface area contributed by atoms with E-state index in [4.69, 9.17) is 4.74 Å². The molecule has 2 heteroatoms. The van der Waals surface area contributed by atoms with E-state index in [0.29, 0.717) is 5.41 Å². The monoisotopic (exact) mass is 264 g/mol. The fraction of sp³-hybridized carbons (Fsp3) is 0.941. The average molecular weight is 264 g/mol. The van der Waals surface area contributed by atoms with Crippen molar-refractivity contribution in [3.8, 4) is 0 Å². The minimum Gasteiger partial charge on any atom is -0.459 e. The Kier molecular flexibility index (Phi) is 2.82. The van der Waals surface area contributed by atoms with Crippen LogP contribution < -0.4 is 0 Å². The molecule has 3 fully saturated rings. The number of ether oxygens (including phenoxy) is 1. The summed E-state index contributed by atoms with van der Waals surface area (Å²) in [6.45, 7) is 8.51. The van der Waals surface area contributed by atoms with Crippen LogP contribution in [0.3, 0.4) is 0 Å². The molecule has 0 saturated heterocycles. The smallest absolute Gasteiger partial charge is 0.312 e. The van der Waals surface area contributed by atoms with Crippen LogP contribution in [0.2, 0.25) is 0 Å². The summed E-state index contributed by atoms with van der Waals surface area (Å²) >= 11 is 0. The van der Waals surface area contributed by atoms with Gasteiger partial charge in [0, 0.05) is 0 Å². The zero-order chi connectivity index (χ0) is 13.9. The van der Waals surface area contributed by atoms with Crippen LogP contribution in [-0.4, -0.2) is 11.6 Å². The fourth-order valence-corrected chi connectivity index (χ4v) is 4.98. The SMILES string of the molecule is CCC(C)(C)C(=O)OC12CCC3CC(C)(CC3C1)C2. The second-order valence-electron chi connectivity index (χ2n) is 8.47. The highest BCUT2D eigenvalue weighted by Gasteiger charge is 2.58. The van der Waals surface area contributed by atoms with Gasteiger partial charge in [-0.25, -0.2) is 0 Å². The molecular formula is C17H28O2. The second-order valence-corrected chi connectivity index (χ2v) is 8.47. The fourth-order valence-electron chi connectivity index (χ4n) is 4.98. The van der Waals surface area contributed by atoms with Crippen LogP contribution >= 0.6 is 0 Å². The maximum Gasteiger partial charge on any atom is 0.312 e. The lowest BCUT2D eigenvalue weighted by atomic mass is 9.65. The summed E-state index contributed by atoms with van der Waals surface area (Å²) in [6.07, 6.45) is 8.22. The zero-order valence-corrected chi connectivity index (χ0v) is 12.9. The minimum absolute atomic E-state index is 0.0263. The minimum atomic E-state index is -0.330. The van der Waals surface area contributed by atoms with Gasteiger partial charge >= 0.3 is 5.97 Å². The first kappa shape index (κ1) is 13.5. The Hall–Kier alpha value is -0.530. The van der Waals surface area contributed by atoms with E-state index in [1.54, 1.807) is 0 Å². The van der Waals surface area contributed by atoms with Crippen molar-refractivity contribution in [3.63, 3.8) is 0 Å². The van der Waals surface area contributed by atoms with E-state index in [0.717, 1.165) is 37.5 Å². The number of esters is 1. The average Bonchev–Trinajstić information content (AvgIpc) is 2.49. The quantitative estimate of drug-likeness (QED) is 0.709. The number of carbonyl (C=O) groups is 1. The van der Waals surface area contributed by atoms with Crippen molar-refractivity contribution in [2.45, 2.75) is 78.2 Å². The van der Waals surface area contributed by atoms with Gasteiger partial charge in [-0.05, 0) is 76.0 Å². The predicted octanol–water partition coefficient (Wildman–Crippen LogP) is 4.32. The van der Waals surface area contributed by atoms with Gasteiger partial charge in [-0.1, -0.05) is 13.8 Å². The molecular weight excluding hydrogens is 236 g/mol. The van der Waals surface area contributed by atoms with Crippen LogP contribution in [0.25, 0.3) is 0 Å². The molecule has 3 bridgehead atoms. The summed E-state index contributed by atoms with van der Waals surface area (Å²) in [7, 11) is 0. The third-order valence-corrected chi connectivity index (χ3v) is 6.28. The lowest BCUT2D eigenvalue weighted by molar-refractivity contribution is -0.183. The number of hydrogen-bond acceptors (Lipinski definition) is 2. The number of fused-ring (bicyclic) bond motifs is 2. The maximum atomic E-state index is 12.5. The zero-order valence-electron chi connectivity index (χ0n) is 12.9. The lowest BCUT2D eigenvalue weighted by Crippen LogP contribution is -2.48. The van der Waals surface area contributed by atoms with Gasteiger partial charge in [-0.2, -0.15) is 0 Å². The first-order valence-electron chi connectivity index (χ1n) is 8.01. The molecule has 0 amide bonds. The van der Waals surface area contributed by atoms with E-state index < -0.39 is 0 Å². The normalized spacial score (nSPS) is 44.4. The van der Waals surface area contributed by atoms with Gasteiger partial charge in [0.05, 0.1) is 5.41 Å². The molecule has 4 atom stereocenters. The maximum absolute atomic E-state index is 12.5. The molecule has 2 nitrogen and oxygen atoms in total. The van der Waals surface area contributed by atoms with Crippen LogP contribution in [0.4, 0.5) is 0 Å². The van der Waals surface area contributed by atoms with Crippen LogP contribution in [0.15, 0.2) is 0 Å². The van der Waals surface area contributed by atoms with Crippen LogP contribution in [0.1, 0.15) is 72.6 Å². The van der Waals surface area contributed by atoms with Gasteiger partial charge in [0.15, 0.2) is 0 Å². The third kappa shape index (κ3) is 2.11. The van der Waals surface area contributed by atoms with E-state index in [1.807, 2.05) is 13.8 Å². The van der Waals surface area contributed by atoms with Gasteiger partial charge in [0.25, 0.3) is 0 Å². The topological polar surface area (TPSA) is 26.3 Å². The number of rotatable bonds is 3. The summed E-state index contributed by atoms with van der Waals surface area (Å²) in [4.78, 5) is 12.5. The molecule has 0 radical (unpaired) electrons. The Morgan fingerprint density at radius 2 is 1.95 bits per heavy atom. The summed E-state index contributed by atoms with van der Waals surface area (Å²) in [5, 5.41) is 0. The van der Waals surface area contributed by atoms with Crippen molar-refractivity contribution in [2.24, 2.45) is 22.7 Å². The number of carbonyl (C=O) groups excluding carboxylic acids is 1. The van der Waals surface area contributed by atoms with Crippen LogP contribution in [0.5, 0.6) is 0 Å². The Bertz CT molecular complexity index is 400. The molecule has 3 saturated carbocycles. The van der Waals surface area contributed by atoms with Gasteiger partial charge in [-0.15, -0.1) is 0 Å². The molecule has 0 N–H and O–H groups in total. The molecule has 0 aliphatic heterocycles. The highest BCUT2D eigenvalue weighted by Crippen LogP contribution is 2.63. The molecule has 3 aliphatic carbocycles. The molecule has 0 aromatic rings. The van der Waals surface area contributed by atoms with Gasteiger partial charge in [0.1, 0.15) is 5.60 Å². The largest absolute Gasteiger partial charge is 0.459 e. The molecule has 3 rings (SSSR count). The Balaban J connectivity index is 1.79. The summed E-state index contributed by atoms with van der Waals surface area (Å²) < 4.78 is 6.13. The molecule has 0 aromatic heterocycles. The number of hydrogen-bond donors (Lipinski definition) is 0. The van der Waals surface area contributed by atoms with E-state index in [9.17, 15) is 4.79 Å². The lowest BCUT2D eigenvalue weighted by Gasteiger charge is -2.47. The predicted molar refractivity (Wildman–Crippen MR) is 75.7 cm³/mol. The van der Waals surface area contributed by atoms with Gasteiger partial charge in [0.2, 0.25) is 0 Å². The van der Waals surface area contributed by atoms with Crippen molar-refractivity contribution in [3.05, 3.63) is 0 Å². The summed E-state index contributed by atoms with van der Waals surface area (Å²) in [5.41, 5.74) is -0.00207. The Morgan fingerprint density at radius 3 is 2.63 bits per heavy atom. The third-order valence-electron chi connectivity index (χ3n) is 6.28. The van der Waals surface area contributed by atoms with Gasteiger partial charge < -0.3 is 4.74 Å². The second kappa shape index (κ2) is 3.99. The van der Waals surface area contributed by atoms with Crippen molar-refractivity contribution < 1.29 is 9.53 Å². The van der Waals surface area contributed by atoms with E-state index in [-0.39, 0.29) is 17.0 Å². The molecule has 0 aromatic carbocycles. The Morgan fingerprint density at radius 1 is 1.26 bits per heavy atom. The van der Waals surface area contributed by atoms with E-state index in [1.165, 1.54) is 19.3 Å². The summed E-state index contributed by atoms with van der Waals surface area (Å²) in [5.74, 6) is 1.77. The van der Waals surface area contributed by atoms with Gasteiger partial charge in [-0.3, -0.25) is 4.79 Å². The van der Waals surface area contributed by atoms with Crippen LogP contribution in [-0.2, 0) is 9.53 Å². The molecule has 3 aliphatic rings. The first-order chi connectivity index (χ1) is 8.78. The molecule has 108 valence electrons.